The highest BCUT2D eigenvalue weighted by atomic mass is 19.4. The molecule has 1 aromatic heterocycles. The van der Waals surface area contributed by atoms with E-state index in [1.54, 1.807) is 0 Å². The lowest BCUT2D eigenvalue weighted by atomic mass is 10.1. The Hall–Kier alpha value is -3.28. The molecular formula is C22H18F3NO2. The van der Waals surface area contributed by atoms with Gasteiger partial charge in [0.15, 0.2) is 0 Å². The zero-order valence-electron chi connectivity index (χ0n) is 15.3. The monoisotopic (exact) mass is 385 g/mol. The largest absolute Gasteiger partial charge is 0.457 e. The molecule has 1 amide bonds. The predicted molar refractivity (Wildman–Crippen MR) is 103 cm³/mol. The molecule has 0 atom stereocenters. The average molecular weight is 385 g/mol. The fraction of sp³-hybridized carbons (Fsp3) is 0.136. The molecule has 6 heteroatoms. The zero-order valence-corrected chi connectivity index (χ0v) is 15.3. The first-order valence-electron chi connectivity index (χ1n) is 8.57. The standard InChI is InChI=1S/C22H18F3NO2/c1-14-7-8-15(2)19(13-14)26-21(27)12-10-16-9-11-20(28-16)17-5-3-4-6-18(17)22(23,24)25/h3-13H,1-2H3,(H,26,27)/b12-10+. The first-order valence-corrected chi connectivity index (χ1v) is 8.57. The normalized spacial score (nSPS) is 11.8. The molecule has 0 spiro atoms. The second kappa shape index (κ2) is 7.76. The van der Waals surface area contributed by atoms with Crippen molar-refractivity contribution in [2.24, 2.45) is 0 Å². The van der Waals surface area contributed by atoms with Crippen molar-refractivity contribution in [2.45, 2.75) is 20.0 Å². The lowest BCUT2D eigenvalue weighted by Crippen LogP contribution is -2.09. The number of hydrogen-bond acceptors (Lipinski definition) is 2. The van der Waals surface area contributed by atoms with Gasteiger partial charge in [0.25, 0.3) is 0 Å². The molecule has 0 saturated carbocycles. The van der Waals surface area contributed by atoms with E-state index < -0.39 is 11.7 Å². The Morgan fingerprint density at radius 3 is 2.54 bits per heavy atom. The van der Waals surface area contributed by atoms with Gasteiger partial charge in [-0.25, -0.2) is 0 Å². The summed E-state index contributed by atoms with van der Waals surface area (Å²) in [4.78, 5) is 12.1. The SMILES string of the molecule is Cc1ccc(C)c(NC(=O)/C=C/c2ccc(-c3ccccc3C(F)(F)F)o2)c1. The molecule has 3 rings (SSSR count). The molecule has 0 aliphatic carbocycles. The molecule has 0 aliphatic heterocycles. The number of anilines is 1. The van der Waals surface area contributed by atoms with Crippen LogP contribution in [0.25, 0.3) is 17.4 Å². The van der Waals surface area contributed by atoms with E-state index in [4.69, 9.17) is 4.42 Å². The lowest BCUT2D eigenvalue weighted by molar-refractivity contribution is -0.137. The van der Waals surface area contributed by atoms with E-state index in [-0.39, 0.29) is 23.0 Å². The van der Waals surface area contributed by atoms with Gasteiger partial charge in [0.1, 0.15) is 11.5 Å². The summed E-state index contributed by atoms with van der Waals surface area (Å²) in [5.41, 5.74) is 1.83. The number of carbonyl (C=O) groups excluding carboxylic acids is 1. The van der Waals surface area contributed by atoms with Gasteiger partial charge in [-0.2, -0.15) is 13.2 Å². The third-order valence-electron chi connectivity index (χ3n) is 4.17. The van der Waals surface area contributed by atoms with Gasteiger partial charge in [-0.05, 0) is 55.3 Å². The Labute approximate surface area is 160 Å². The van der Waals surface area contributed by atoms with Crippen molar-refractivity contribution >= 4 is 17.7 Å². The fourth-order valence-electron chi connectivity index (χ4n) is 2.74. The number of alkyl halides is 3. The molecule has 1 heterocycles. The summed E-state index contributed by atoms with van der Waals surface area (Å²) in [7, 11) is 0. The number of hydrogen-bond donors (Lipinski definition) is 1. The van der Waals surface area contributed by atoms with Crippen LogP contribution in [0.5, 0.6) is 0 Å². The fourth-order valence-corrected chi connectivity index (χ4v) is 2.74. The summed E-state index contributed by atoms with van der Waals surface area (Å²) < 4.78 is 44.9. The summed E-state index contributed by atoms with van der Waals surface area (Å²) in [6.45, 7) is 3.81. The number of aryl methyl sites for hydroxylation is 2. The van der Waals surface area contributed by atoms with Crippen LogP contribution in [0.15, 0.2) is 65.1 Å². The maximum absolute atomic E-state index is 13.2. The van der Waals surface area contributed by atoms with Crippen LogP contribution >= 0.6 is 0 Å². The van der Waals surface area contributed by atoms with Crippen LogP contribution in [0.4, 0.5) is 18.9 Å². The van der Waals surface area contributed by atoms with E-state index >= 15 is 0 Å². The number of halogens is 3. The van der Waals surface area contributed by atoms with Crippen molar-refractivity contribution in [3.05, 3.63) is 83.1 Å². The number of furan rings is 1. The van der Waals surface area contributed by atoms with Gasteiger partial charge >= 0.3 is 6.18 Å². The Bertz CT molecular complexity index is 1030. The Morgan fingerprint density at radius 2 is 1.79 bits per heavy atom. The summed E-state index contributed by atoms with van der Waals surface area (Å²) in [5, 5.41) is 2.77. The summed E-state index contributed by atoms with van der Waals surface area (Å²) in [6.07, 6.45) is -1.79. The van der Waals surface area contributed by atoms with Crippen molar-refractivity contribution < 1.29 is 22.4 Å². The maximum atomic E-state index is 13.2. The molecule has 0 radical (unpaired) electrons. The summed E-state index contributed by atoms with van der Waals surface area (Å²) in [5.74, 6) is 0.00736. The van der Waals surface area contributed by atoms with Crippen LogP contribution < -0.4 is 5.32 Å². The Kier molecular flexibility index (Phi) is 5.40. The van der Waals surface area contributed by atoms with Crippen LogP contribution in [0.3, 0.4) is 0 Å². The first kappa shape index (κ1) is 19.5. The van der Waals surface area contributed by atoms with Gasteiger partial charge in [-0.15, -0.1) is 0 Å². The third-order valence-corrected chi connectivity index (χ3v) is 4.17. The summed E-state index contributed by atoms with van der Waals surface area (Å²) in [6, 6.07) is 13.9. The van der Waals surface area contributed by atoms with E-state index in [2.05, 4.69) is 5.32 Å². The predicted octanol–water partition coefficient (Wildman–Crippen LogP) is 6.23. The number of nitrogens with one attached hydrogen (secondary N) is 1. The molecule has 1 N–H and O–H groups in total. The smallest absolute Gasteiger partial charge is 0.417 e. The minimum absolute atomic E-state index is 0.0468. The number of benzene rings is 2. The summed E-state index contributed by atoms with van der Waals surface area (Å²) >= 11 is 0. The minimum Gasteiger partial charge on any atom is -0.457 e. The second-order valence-corrected chi connectivity index (χ2v) is 6.39. The van der Waals surface area contributed by atoms with Crippen molar-refractivity contribution in [1.29, 1.82) is 0 Å². The number of rotatable bonds is 4. The van der Waals surface area contributed by atoms with E-state index in [0.29, 0.717) is 5.69 Å². The quantitative estimate of drug-likeness (QED) is 0.541. The topological polar surface area (TPSA) is 42.2 Å². The Morgan fingerprint density at radius 1 is 1.04 bits per heavy atom. The van der Waals surface area contributed by atoms with Gasteiger partial charge in [-0.1, -0.05) is 30.3 Å². The maximum Gasteiger partial charge on any atom is 0.417 e. The molecule has 3 nitrogen and oxygen atoms in total. The van der Waals surface area contributed by atoms with Gasteiger partial charge in [0, 0.05) is 17.3 Å². The van der Waals surface area contributed by atoms with E-state index in [9.17, 15) is 18.0 Å². The molecule has 144 valence electrons. The minimum atomic E-state index is -4.48. The highest BCUT2D eigenvalue weighted by Crippen LogP contribution is 2.37. The average Bonchev–Trinajstić information content (AvgIpc) is 3.11. The Balaban J connectivity index is 1.76. The second-order valence-electron chi connectivity index (χ2n) is 6.39. The molecule has 0 fully saturated rings. The molecule has 28 heavy (non-hydrogen) atoms. The van der Waals surface area contributed by atoms with Crippen LogP contribution in [0.2, 0.25) is 0 Å². The third kappa shape index (κ3) is 4.52. The van der Waals surface area contributed by atoms with Crippen LogP contribution in [0, 0.1) is 13.8 Å². The van der Waals surface area contributed by atoms with Gasteiger partial charge < -0.3 is 9.73 Å². The van der Waals surface area contributed by atoms with E-state index in [0.717, 1.165) is 17.2 Å². The zero-order chi connectivity index (χ0) is 20.3. The lowest BCUT2D eigenvalue weighted by Gasteiger charge is -2.10. The molecule has 0 unspecified atom stereocenters. The molecule has 0 saturated heterocycles. The van der Waals surface area contributed by atoms with Gasteiger partial charge in [0.05, 0.1) is 5.56 Å². The van der Waals surface area contributed by atoms with Crippen LogP contribution in [-0.4, -0.2) is 5.91 Å². The van der Waals surface area contributed by atoms with Crippen molar-refractivity contribution in [1.82, 2.24) is 0 Å². The van der Waals surface area contributed by atoms with Gasteiger partial charge in [-0.3, -0.25) is 4.79 Å². The van der Waals surface area contributed by atoms with Crippen molar-refractivity contribution in [2.75, 3.05) is 5.32 Å². The van der Waals surface area contributed by atoms with Crippen molar-refractivity contribution in [3.8, 4) is 11.3 Å². The van der Waals surface area contributed by atoms with Crippen LogP contribution in [-0.2, 0) is 11.0 Å². The van der Waals surface area contributed by atoms with Gasteiger partial charge in [0.2, 0.25) is 5.91 Å². The van der Waals surface area contributed by atoms with E-state index in [1.807, 2.05) is 32.0 Å². The molecule has 2 aromatic carbocycles. The highest BCUT2D eigenvalue weighted by molar-refractivity contribution is 6.02. The molecule has 0 bridgehead atoms. The molecule has 0 aliphatic rings. The first-order chi connectivity index (χ1) is 13.2. The van der Waals surface area contributed by atoms with Crippen molar-refractivity contribution in [3.63, 3.8) is 0 Å². The van der Waals surface area contributed by atoms with Crippen LogP contribution in [0.1, 0.15) is 22.5 Å². The number of amides is 1. The number of carbonyl (C=O) groups is 1. The molecular weight excluding hydrogens is 367 g/mol. The van der Waals surface area contributed by atoms with E-state index in [1.165, 1.54) is 42.5 Å². The highest BCUT2D eigenvalue weighted by Gasteiger charge is 2.34. The molecule has 3 aromatic rings.